The fraction of sp³-hybridized carbons (Fsp3) is 0.0556. The van der Waals surface area contributed by atoms with Gasteiger partial charge in [0.25, 0.3) is 5.56 Å². The highest BCUT2D eigenvalue weighted by molar-refractivity contribution is 5.79. The Morgan fingerprint density at radius 1 is 1.13 bits per heavy atom. The number of nitrogens with zero attached hydrogens (tertiary/aromatic N) is 2. The largest absolute Gasteiger partial charge is 0.478 e. The maximum Gasteiger partial charge on any atom is 0.259 e. The molecule has 0 aliphatic rings. The number of aromatic nitrogens is 2. The summed E-state index contributed by atoms with van der Waals surface area (Å²) in [7, 11) is 0. The minimum Gasteiger partial charge on any atom is -0.478 e. The van der Waals surface area contributed by atoms with E-state index in [-0.39, 0.29) is 12.2 Å². The van der Waals surface area contributed by atoms with Crippen LogP contribution in [0.2, 0.25) is 0 Å². The molecule has 0 saturated carbocycles. The SMILES string of the molecule is N#CCOc1ccccc1/C=C/c1nc2ccccc2c(=O)[nH]1. The number of ether oxygens (including phenoxy) is 1. The van der Waals surface area contributed by atoms with Gasteiger partial charge in [0.1, 0.15) is 17.6 Å². The summed E-state index contributed by atoms with van der Waals surface area (Å²) in [5, 5.41) is 9.17. The highest BCUT2D eigenvalue weighted by Gasteiger charge is 2.02. The number of H-pyrrole nitrogens is 1. The number of rotatable bonds is 4. The summed E-state index contributed by atoms with van der Waals surface area (Å²) in [5.41, 5.74) is 1.27. The number of fused-ring (bicyclic) bond motifs is 1. The molecule has 0 radical (unpaired) electrons. The van der Waals surface area contributed by atoms with E-state index in [0.717, 1.165) is 5.56 Å². The summed E-state index contributed by atoms with van der Waals surface area (Å²) in [4.78, 5) is 19.2. The van der Waals surface area contributed by atoms with Crippen molar-refractivity contribution in [3.63, 3.8) is 0 Å². The molecule has 0 amide bonds. The van der Waals surface area contributed by atoms with Gasteiger partial charge in [-0.25, -0.2) is 4.98 Å². The second-order valence-electron chi connectivity index (χ2n) is 4.79. The van der Waals surface area contributed by atoms with Crippen molar-refractivity contribution in [2.24, 2.45) is 0 Å². The smallest absolute Gasteiger partial charge is 0.259 e. The summed E-state index contributed by atoms with van der Waals surface area (Å²) >= 11 is 0. The first-order valence-corrected chi connectivity index (χ1v) is 7.04. The lowest BCUT2D eigenvalue weighted by atomic mass is 10.2. The Kier molecular flexibility index (Phi) is 4.16. The van der Waals surface area contributed by atoms with Crippen LogP contribution in [0.15, 0.2) is 53.3 Å². The molecule has 1 heterocycles. The topological polar surface area (TPSA) is 78.8 Å². The Labute approximate surface area is 132 Å². The van der Waals surface area contributed by atoms with Gasteiger partial charge in [-0.05, 0) is 30.4 Å². The average Bonchev–Trinajstić information content (AvgIpc) is 2.59. The molecule has 3 aromatic rings. The van der Waals surface area contributed by atoms with E-state index in [4.69, 9.17) is 10.00 Å². The van der Waals surface area contributed by atoms with Crippen molar-refractivity contribution in [1.82, 2.24) is 9.97 Å². The number of para-hydroxylation sites is 2. The number of nitrogens with one attached hydrogen (secondary N) is 1. The Hall–Kier alpha value is -3.39. The van der Waals surface area contributed by atoms with Crippen molar-refractivity contribution < 1.29 is 4.74 Å². The predicted octanol–water partition coefficient (Wildman–Crippen LogP) is 3.00. The fourth-order valence-electron chi connectivity index (χ4n) is 2.21. The maximum atomic E-state index is 12.0. The molecule has 112 valence electrons. The normalized spacial score (nSPS) is 10.7. The third kappa shape index (κ3) is 3.27. The van der Waals surface area contributed by atoms with Crippen LogP contribution in [0, 0.1) is 11.3 Å². The molecule has 1 N–H and O–H groups in total. The van der Waals surface area contributed by atoms with E-state index in [9.17, 15) is 4.79 Å². The number of nitriles is 1. The van der Waals surface area contributed by atoms with Gasteiger partial charge in [0.05, 0.1) is 10.9 Å². The summed E-state index contributed by atoms with van der Waals surface area (Å²) in [6.45, 7) is -0.0179. The van der Waals surface area contributed by atoms with Crippen LogP contribution in [0.1, 0.15) is 11.4 Å². The van der Waals surface area contributed by atoms with Crippen LogP contribution in [0.4, 0.5) is 0 Å². The maximum absolute atomic E-state index is 12.0. The van der Waals surface area contributed by atoms with Crippen molar-refractivity contribution in [2.45, 2.75) is 0 Å². The van der Waals surface area contributed by atoms with Crippen molar-refractivity contribution in [3.05, 3.63) is 70.3 Å². The number of benzene rings is 2. The molecule has 0 spiro atoms. The molecule has 2 aromatic carbocycles. The van der Waals surface area contributed by atoms with E-state index in [1.54, 1.807) is 36.4 Å². The molecule has 0 aliphatic carbocycles. The minimum atomic E-state index is -0.177. The Bertz CT molecular complexity index is 968. The first kappa shape index (κ1) is 14.5. The van der Waals surface area contributed by atoms with Gasteiger partial charge in [-0.1, -0.05) is 30.3 Å². The molecule has 5 nitrogen and oxygen atoms in total. The molecule has 0 atom stereocenters. The van der Waals surface area contributed by atoms with Crippen LogP contribution in [-0.2, 0) is 0 Å². The third-order valence-corrected chi connectivity index (χ3v) is 3.26. The van der Waals surface area contributed by atoms with E-state index < -0.39 is 0 Å². The first-order chi connectivity index (χ1) is 11.3. The molecule has 0 unspecified atom stereocenters. The van der Waals surface area contributed by atoms with Crippen molar-refractivity contribution >= 4 is 23.1 Å². The molecule has 1 aromatic heterocycles. The molecule has 0 fully saturated rings. The van der Waals surface area contributed by atoms with Gasteiger partial charge in [-0.3, -0.25) is 4.79 Å². The number of hydrogen-bond donors (Lipinski definition) is 1. The van der Waals surface area contributed by atoms with Crippen molar-refractivity contribution in [2.75, 3.05) is 6.61 Å². The van der Waals surface area contributed by atoms with E-state index in [0.29, 0.717) is 22.5 Å². The van der Waals surface area contributed by atoms with Gasteiger partial charge in [-0.2, -0.15) is 5.26 Å². The van der Waals surface area contributed by atoms with Crippen LogP contribution in [0.3, 0.4) is 0 Å². The lowest BCUT2D eigenvalue weighted by molar-refractivity contribution is 0.367. The summed E-state index contributed by atoms with van der Waals surface area (Å²) in [5.74, 6) is 1.07. The second-order valence-corrected chi connectivity index (χ2v) is 4.79. The van der Waals surface area contributed by atoms with Crippen molar-refractivity contribution in [1.29, 1.82) is 5.26 Å². The van der Waals surface area contributed by atoms with Crippen LogP contribution in [0.25, 0.3) is 23.1 Å². The van der Waals surface area contributed by atoms with Crippen LogP contribution >= 0.6 is 0 Å². The van der Waals surface area contributed by atoms with Gasteiger partial charge in [0.15, 0.2) is 6.61 Å². The highest BCUT2D eigenvalue weighted by atomic mass is 16.5. The first-order valence-electron chi connectivity index (χ1n) is 7.04. The Morgan fingerprint density at radius 3 is 2.78 bits per heavy atom. The molecule has 23 heavy (non-hydrogen) atoms. The average molecular weight is 303 g/mol. The zero-order valence-corrected chi connectivity index (χ0v) is 12.2. The van der Waals surface area contributed by atoms with E-state index >= 15 is 0 Å². The molecule has 5 heteroatoms. The predicted molar refractivity (Wildman–Crippen MR) is 88.8 cm³/mol. The molecule has 0 aliphatic heterocycles. The third-order valence-electron chi connectivity index (χ3n) is 3.26. The van der Waals surface area contributed by atoms with Gasteiger partial charge in [-0.15, -0.1) is 0 Å². The van der Waals surface area contributed by atoms with E-state index in [1.807, 2.05) is 30.3 Å². The molecular weight excluding hydrogens is 290 g/mol. The number of aromatic amines is 1. The van der Waals surface area contributed by atoms with Crippen LogP contribution in [-0.4, -0.2) is 16.6 Å². The summed E-state index contributed by atoms with van der Waals surface area (Å²) in [6, 6.07) is 16.5. The van der Waals surface area contributed by atoms with E-state index in [1.165, 1.54) is 0 Å². The lowest BCUT2D eigenvalue weighted by Crippen LogP contribution is -2.09. The number of hydrogen-bond acceptors (Lipinski definition) is 4. The molecule has 0 saturated heterocycles. The summed E-state index contributed by atoms with van der Waals surface area (Å²) in [6.07, 6.45) is 3.50. The standard InChI is InChI=1S/C18H13N3O2/c19-11-12-23-16-8-4-1-5-13(16)9-10-17-20-15-7-3-2-6-14(15)18(22)21-17/h1-10H,12H2,(H,20,21,22)/b10-9+. The molecule has 0 bridgehead atoms. The van der Waals surface area contributed by atoms with Crippen LogP contribution < -0.4 is 10.3 Å². The molecular formula is C18H13N3O2. The zero-order valence-electron chi connectivity index (χ0n) is 12.2. The monoisotopic (exact) mass is 303 g/mol. The lowest BCUT2D eigenvalue weighted by Gasteiger charge is -2.05. The highest BCUT2D eigenvalue weighted by Crippen LogP contribution is 2.20. The van der Waals surface area contributed by atoms with Gasteiger partial charge in [0.2, 0.25) is 0 Å². The van der Waals surface area contributed by atoms with E-state index in [2.05, 4.69) is 9.97 Å². The fourth-order valence-corrected chi connectivity index (χ4v) is 2.21. The molecule has 3 rings (SSSR count). The van der Waals surface area contributed by atoms with Gasteiger partial charge in [0, 0.05) is 5.56 Å². The Morgan fingerprint density at radius 2 is 1.91 bits per heavy atom. The Balaban J connectivity index is 1.95. The van der Waals surface area contributed by atoms with Crippen molar-refractivity contribution in [3.8, 4) is 11.8 Å². The zero-order chi connectivity index (χ0) is 16.1. The van der Waals surface area contributed by atoms with Gasteiger partial charge >= 0.3 is 0 Å². The van der Waals surface area contributed by atoms with Crippen LogP contribution in [0.5, 0.6) is 5.75 Å². The quantitative estimate of drug-likeness (QED) is 0.803. The van der Waals surface area contributed by atoms with Gasteiger partial charge < -0.3 is 9.72 Å². The minimum absolute atomic E-state index is 0.0179. The second kappa shape index (κ2) is 6.58. The summed E-state index contributed by atoms with van der Waals surface area (Å²) < 4.78 is 5.36.